The highest BCUT2D eigenvalue weighted by Crippen LogP contribution is 2.00. The van der Waals surface area contributed by atoms with E-state index in [1.807, 2.05) is 0 Å². The highest BCUT2D eigenvalue weighted by Gasteiger charge is 1.90. The molecule has 0 radical (unpaired) electrons. The zero-order valence-corrected chi connectivity index (χ0v) is 7.35. The van der Waals surface area contributed by atoms with Gasteiger partial charge in [-0.1, -0.05) is 37.8 Å². The van der Waals surface area contributed by atoms with Crippen molar-refractivity contribution in [3.63, 3.8) is 0 Å². The lowest BCUT2D eigenvalue weighted by Gasteiger charge is -1.87. The van der Waals surface area contributed by atoms with E-state index in [0.29, 0.717) is 0 Å². The van der Waals surface area contributed by atoms with E-state index in [9.17, 15) is 0 Å². The van der Waals surface area contributed by atoms with Crippen LogP contribution in [0.15, 0.2) is 0 Å². The van der Waals surface area contributed by atoms with E-state index < -0.39 is 0 Å². The minimum absolute atomic E-state index is 0.185. The first-order valence-electron chi connectivity index (χ1n) is 1.62. The molecule has 0 aliphatic rings. The zero-order valence-electron chi connectivity index (χ0n) is 3.42. The Morgan fingerprint density at radius 1 is 1.71 bits per heavy atom. The molecule has 40 valence electrons. The summed E-state index contributed by atoms with van der Waals surface area (Å²) < 4.78 is 0. The summed E-state index contributed by atoms with van der Waals surface area (Å²) in [5.74, 6) is 2.68. The maximum Gasteiger partial charge on any atom is 0.0863 e. The van der Waals surface area contributed by atoms with Crippen LogP contribution in [0.1, 0.15) is 0 Å². The van der Waals surface area contributed by atoms with E-state index in [-0.39, 0.29) is 4.83 Å². The number of hydrogen-bond acceptors (Lipinski definition) is 0. The highest BCUT2D eigenvalue weighted by molar-refractivity contribution is 9.12. The molecule has 1 unspecified atom stereocenters. The molecular formula is C4H3Br2Cl. The van der Waals surface area contributed by atoms with E-state index in [1.54, 1.807) is 0 Å². The van der Waals surface area contributed by atoms with Crippen LogP contribution in [0.25, 0.3) is 0 Å². The summed E-state index contributed by atoms with van der Waals surface area (Å²) in [5, 5.41) is 3.08. The fourth-order valence-electron chi connectivity index (χ4n) is 0.0978. The van der Waals surface area contributed by atoms with Gasteiger partial charge in [-0.3, -0.25) is 0 Å². The summed E-state index contributed by atoms with van der Waals surface area (Å²) in [7, 11) is 0. The number of rotatable bonds is 1. The lowest BCUT2D eigenvalue weighted by molar-refractivity contribution is 1.37. The van der Waals surface area contributed by atoms with Crippen LogP contribution < -0.4 is 0 Å². The van der Waals surface area contributed by atoms with Crippen molar-refractivity contribution in [2.24, 2.45) is 0 Å². The van der Waals surface area contributed by atoms with E-state index in [1.165, 1.54) is 0 Å². The molecule has 0 amide bonds. The molecule has 0 saturated carbocycles. The topological polar surface area (TPSA) is 0 Å². The largest absolute Gasteiger partial charge is 0.0905 e. The van der Waals surface area contributed by atoms with Crippen molar-refractivity contribution < 1.29 is 0 Å². The molecule has 0 aliphatic carbocycles. The van der Waals surface area contributed by atoms with Gasteiger partial charge in [0.05, 0.1) is 4.83 Å². The molecule has 0 aromatic rings. The second kappa shape index (κ2) is 4.96. The van der Waals surface area contributed by atoms with E-state index in [4.69, 9.17) is 11.6 Å². The summed E-state index contributed by atoms with van der Waals surface area (Å²) in [4.78, 5) is 0.185. The molecule has 0 aliphatic heterocycles. The molecule has 0 spiro atoms. The lowest BCUT2D eigenvalue weighted by atomic mass is 10.5. The third-order valence-electron chi connectivity index (χ3n) is 0.347. The van der Waals surface area contributed by atoms with Gasteiger partial charge in [0.25, 0.3) is 0 Å². The summed E-state index contributed by atoms with van der Waals surface area (Å²) in [6.07, 6.45) is 0. The first-order valence-corrected chi connectivity index (χ1v) is 4.04. The molecule has 1 atom stereocenters. The van der Waals surface area contributed by atoms with E-state index in [0.717, 1.165) is 5.33 Å². The van der Waals surface area contributed by atoms with Gasteiger partial charge in [0.1, 0.15) is 0 Å². The van der Waals surface area contributed by atoms with Crippen molar-refractivity contribution in [3.05, 3.63) is 0 Å². The van der Waals surface area contributed by atoms with Crippen molar-refractivity contribution in [3.8, 4) is 11.3 Å². The molecule has 0 nitrogen and oxygen atoms in total. The Labute approximate surface area is 64.9 Å². The third kappa shape index (κ3) is 4.67. The maximum absolute atomic E-state index is 5.06. The van der Waals surface area contributed by atoms with Crippen LogP contribution in [0.3, 0.4) is 0 Å². The molecule has 0 fully saturated rings. The van der Waals surface area contributed by atoms with E-state index >= 15 is 0 Å². The van der Waals surface area contributed by atoms with Gasteiger partial charge in [0, 0.05) is 10.7 Å². The molecule has 3 heteroatoms. The van der Waals surface area contributed by atoms with Crippen LogP contribution >= 0.6 is 43.5 Å². The first kappa shape index (κ1) is 7.81. The monoisotopic (exact) mass is 244 g/mol. The maximum atomic E-state index is 5.06. The minimum Gasteiger partial charge on any atom is -0.0905 e. The molecular weight excluding hydrogens is 243 g/mol. The van der Waals surface area contributed by atoms with Gasteiger partial charge in [-0.25, -0.2) is 0 Å². The summed E-state index contributed by atoms with van der Waals surface area (Å²) in [5.41, 5.74) is 0. The second-order valence-electron chi connectivity index (χ2n) is 0.861. The molecule has 0 aromatic heterocycles. The van der Waals surface area contributed by atoms with Gasteiger partial charge in [0.15, 0.2) is 0 Å². The minimum atomic E-state index is 0.185. The third-order valence-corrected chi connectivity index (χ3v) is 2.52. The highest BCUT2D eigenvalue weighted by atomic mass is 79.9. The average molecular weight is 246 g/mol. The molecule has 0 rings (SSSR count). The molecule has 0 N–H and O–H groups in total. The van der Waals surface area contributed by atoms with Crippen molar-refractivity contribution in [1.82, 2.24) is 0 Å². The van der Waals surface area contributed by atoms with Crippen molar-refractivity contribution in [2.75, 3.05) is 5.33 Å². The average Bonchev–Trinajstić information content (AvgIpc) is 1.68. The van der Waals surface area contributed by atoms with Gasteiger partial charge < -0.3 is 0 Å². The molecule has 0 aromatic carbocycles. The predicted octanol–water partition coefficient (Wildman–Crippen LogP) is 2.34. The Bertz CT molecular complexity index is 91.6. The number of alkyl halides is 2. The Hall–Kier alpha value is 0.810. The lowest BCUT2D eigenvalue weighted by Crippen LogP contribution is -1.91. The van der Waals surface area contributed by atoms with Crippen LogP contribution in [0.5, 0.6) is 0 Å². The second-order valence-corrected chi connectivity index (χ2v) is 2.80. The Balaban J connectivity index is 3.29. The molecule has 0 saturated heterocycles. The van der Waals surface area contributed by atoms with Crippen LogP contribution in [0, 0.1) is 11.3 Å². The number of hydrogen-bond donors (Lipinski definition) is 0. The Morgan fingerprint density at radius 3 is 2.43 bits per heavy atom. The zero-order chi connectivity index (χ0) is 5.70. The first-order chi connectivity index (χ1) is 3.31. The molecule has 0 bridgehead atoms. The van der Waals surface area contributed by atoms with E-state index in [2.05, 4.69) is 43.2 Å². The van der Waals surface area contributed by atoms with Crippen LogP contribution in [-0.4, -0.2) is 10.2 Å². The standard InChI is InChI=1S/C4H3Br2Cl/c5-3-4(6)1-2-7/h4H,3H2. The SMILES string of the molecule is ClC#CC(Br)CBr. The van der Waals surface area contributed by atoms with Gasteiger partial charge in [0.2, 0.25) is 0 Å². The van der Waals surface area contributed by atoms with Gasteiger partial charge >= 0.3 is 0 Å². The van der Waals surface area contributed by atoms with Gasteiger partial charge in [-0.05, 0) is 11.6 Å². The van der Waals surface area contributed by atoms with Crippen molar-refractivity contribution in [1.29, 1.82) is 0 Å². The summed E-state index contributed by atoms with van der Waals surface area (Å²) in [6.45, 7) is 0. The van der Waals surface area contributed by atoms with Crippen molar-refractivity contribution in [2.45, 2.75) is 4.83 Å². The summed E-state index contributed by atoms with van der Waals surface area (Å²) in [6, 6.07) is 0. The Kier molecular flexibility index (Phi) is 5.53. The van der Waals surface area contributed by atoms with Crippen molar-refractivity contribution >= 4 is 43.5 Å². The quantitative estimate of drug-likeness (QED) is 0.492. The van der Waals surface area contributed by atoms with Crippen LogP contribution in [0.4, 0.5) is 0 Å². The van der Waals surface area contributed by atoms with Crippen LogP contribution in [-0.2, 0) is 0 Å². The molecule has 0 heterocycles. The smallest absolute Gasteiger partial charge is 0.0863 e. The predicted molar refractivity (Wildman–Crippen MR) is 40.1 cm³/mol. The summed E-state index contributed by atoms with van der Waals surface area (Å²) >= 11 is 11.5. The van der Waals surface area contributed by atoms with Gasteiger partial charge in [-0.15, -0.1) is 0 Å². The fraction of sp³-hybridized carbons (Fsp3) is 0.500. The Morgan fingerprint density at radius 2 is 2.29 bits per heavy atom. The van der Waals surface area contributed by atoms with Gasteiger partial charge in [-0.2, -0.15) is 0 Å². The van der Waals surface area contributed by atoms with Crippen LogP contribution in [0.2, 0.25) is 0 Å². The normalized spacial score (nSPS) is 11.9. The fourth-order valence-corrected chi connectivity index (χ4v) is 0.638. The number of halogens is 3. The molecule has 7 heavy (non-hydrogen) atoms.